The molecule has 0 spiro atoms. The lowest BCUT2D eigenvalue weighted by molar-refractivity contribution is -0.148. The highest BCUT2D eigenvalue weighted by Gasteiger charge is 2.39. The molecule has 2 rings (SSSR count). The zero-order chi connectivity index (χ0) is 18.4. The second kappa shape index (κ2) is 8.47. The van der Waals surface area contributed by atoms with Crippen LogP contribution in [0.3, 0.4) is 0 Å². The molecule has 0 aromatic heterocycles. The number of hydrogen-bond acceptors (Lipinski definition) is 5. The fourth-order valence-electron chi connectivity index (χ4n) is 2.92. The van der Waals surface area contributed by atoms with Gasteiger partial charge in [0.1, 0.15) is 12.6 Å². The fourth-order valence-corrected chi connectivity index (χ4v) is 3.93. The standard InChI is InChI=1S/C16H22NO7P/c1-23-15(18)14-9-13(11-25(20,21)22)7-8-17(14)16(19)24-10-12-5-3-2-4-6-12/h2-6,13-14H,7-11H2,1H3,(H2,20,21,22)/t13-,14+/m1/s1. The molecule has 1 aromatic rings. The number of nitrogens with zero attached hydrogens (tertiary/aromatic N) is 1. The number of ether oxygens (including phenoxy) is 2. The summed E-state index contributed by atoms with van der Waals surface area (Å²) in [7, 11) is -2.97. The van der Waals surface area contributed by atoms with Crippen LogP contribution < -0.4 is 0 Å². The van der Waals surface area contributed by atoms with E-state index < -0.39 is 25.7 Å². The van der Waals surface area contributed by atoms with E-state index in [2.05, 4.69) is 0 Å². The van der Waals surface area contributed by atoms with Gasteiger partial charge in [-0.2, -0.15) is 0 Å². The molecule has 2 atom stereocenters. The van der Waals surface area contributed by atoms with Crippen LogP contribution in [0, 0.1) is 5.92 Å². The Labute approximate surface area is 145 Å². The van der Waals surface area contributed by atoms with Gasteiger partial charge in [0.25, 0.3) is 0 Å². The molecule has 0 radical (unpaired) electrons. The zero-order valence-electron chi connectivity index (χ0n) is 13.9. The fraction of sp³-hybridized carbons (Fsp3) is 0.500. The predicted molar refractivity (Wildman–Crippen MR) is 88.8 cm³/mol. The molecule has 1 saturated heterocycles. The van der Waals surface area contributed by atoms with Crippen LogP contribution in [-0.4, -0.2) is 52.6 Å². The maximum atomic E-state index is 12.3. The highest BCUT2D eigenvalue weighted by Crippen LogP contribution is 2.40. The molecule has 0 bridgehead atoms. The first-order chi connectivity index (χ1) is 11.8. The molecular weight excluding hydrogens is 349 g/mol. The van der Waals surface area contributed by atoms with Gasteiger partial charge in [0.15, 0.2) is 0 Å². The van der Waals surface area contributed by atoms with E-state index in [4.69, 9.17) is 19.3 Å². The second-order valence-electron chi connectivity index (χ2n) is 6.01. The number of carbonyl (C=O) groups excluding carboxylic acids is 2. The summed E-state index contributed by atoms with van der Waals surface area (Å²) >= 11 is 0. The highest BCUT2D eigenvalue weighted by atomic mass is 31.2. The maximum Gasteiger partial charge on any atom is 0.410 e. The van der Waals surface area contributed by atoms with Crippen molar-refractivity contribution >= 4 is 19.7 Å². The number of hydrogen-bond donors (Lipinski definition) is 2. The van der Waals surface area contributed by atoms with Crippen molar-refractivity contribution in [1.29, 1.82) is 0 Å². The van der Waals surface area contributed by atoms with Gasteiger partial charge in [-0.3, -0.25) is 9.46 Å². The monoisotopic (exact) mass is 371 g/mol. The minimum Gasteiger partial charge on any atom is -0.467 e. The van der Waals surface area contributed by atoms with Crippen molar-refractivity contribution in [3.05, 3.63) is 35.9 Å². The molecule has 138 valence electrons. The number of esters is 1. The first kappa shape index (κ1) is 19.4. The van der Waals surface area contributed by atoms with Crippen molar-refractivity contribution in [2.45, 2.75) is 25.5 Å². The predicted octanol–water partition coefficient (Wildman–Crippen LogP) is 1.75. The summed E-state index contributed by atoms with van der Waals surface area (Å²) in [6.45, 7) is 0.258. The third-order valence-electron chi connectivity index (χ3n) is 4.12. The Kier molecular flexibility index (Phi) is 6.58. The molecule has 1 aliphatic rings. The smallest absolute Gasteiger partial charge is 0.410 e. The third kappa shape index (κ3) is 5.85. The number of carbonyl (C=O) groups is 2. The largest absolute Gasteiger partial charge is 0.467 e. The Morgan fingerprint density at radius 2 is 1.96 bits per heavy atom. The number of piperidine rings is 1. The Bertz CT molecular complexity index is 645. The number of methoxy groups -OCH3 is 1. The van der Waals surface area contributed by atoms with Gasteiger partial charge in [-0.25, -0.2) is 9.59 Å². The van der Waals surface area contributed by atoms with Crippen molar-refractivity contribution in [1.82, 2.24) is 4.90 Å². The molecule has 1 aromatic carbocycles. The Hall–Kier alpha value is -1.89. The molecule has 2 N–H and O–H groups in total. The Morgan fingerprint density at radius 1 is 1.28 bits per heavy atom. The van der Waals surface area contributed by atoms with Gasteiger partial charge in [-0.1, -0.05) is 30.3 Å². The van der Waals surface area contributed by atoms with E-state index in [0.717, 1.165) is 5.56 Å². The number of amides is 1. The van der Waals surface area contributed by atoms with Gasteiger partial charge in [0.2, 0.25) is 0 Å². The SMILES string of the molecule is COC(=O)[C@@H]1C[C@H](CP(=O)(O)O)CCN1C(=O)OCc1ccccc1. The third-order valence-corrected chi connectivity index (χ3v) is 5.11. The van der Waals surface area contributed by atoms with Crippen LogP contribution in [0.1, 0.15) is 18.4 Å². The van der Waals surface area contributed by atoms with Crippen LogP contribution in [0.4, 0.5) is 4.79 Å². The van der Waals surface area contributed by atoms with E-state index in [9.17, 15) is 14.2 Å². The summed E-state index contributed by atoms with van der Waals surface area (Å²) in [6.07, 6.45) is -0.432. The first-order valence-electron chi connectivity index (χ1n) is 7.90. The Balaban J connectivity index is 2.01. The second-order valence-corrected chi connectivity index (χ2v) is 7.70. The molecule has 9 heteroatoms. The molecule has 1 aliphatic heterocycles. The van der Waals surface area contributed by atoms with E-state index in [-0.39, 0.29) is 31.7 Å². The van der Waals surface area contributed by atoms with E-state index in [0.29, 0.717) is 6.42 Å². The van der Waals surface area contributed by atoms with Gasteiger partial charge in [0, 0.05) is 6.54 Å². The van der Waals surface area contributed by atoms with Crippen LogP contribution in [0.15, 0.2) is 30.3 Å². The summed E-state index contributed by atoms with van der Waals surface area (Å²) in [6, 6.07) is 8.24. The molecule has 25 heavy (non-hydrogen) atoms. The van der Waals surface area contributed by atoms with Crippen LogP contribution in [-0.2, 0) is 25.4 Å². The Morgan fingerprint density at radius 3 is 2.56 bits per heavy atom. The van der Waals surface area contributed by atoms with Crippen molar-refractivity contribution in [3.63, 3.8) is 0 Å². The molecule has 0 unspecified atom stereocenters. The minimum absolute atomic E-state index is 0.0793. The van der Waals surface area contributed by atoms with E-state index in [1.807, 2.05) is 30.3 Å². The summed E-state index contributed by atoms with van der Waals surface area (Å²) in [4.78, 5) is 43.9. The van der Waals surface area contributed by atoms with E-state index in [1.165, 1.54) is 12.0 Å². The van der Waals surface area contributed by atoms with Gasteiger partial charge >= 0.3 is 19.7 Å². The maximum absolute atomic E-state index is 12.3. The van der Waals surface area contributed by atoms with Crippen LogP contribution >= 0.6 is 7.60 Å². The normalized spacial score (nSPS) is 20.8. The van der Waals surface area contributed by atoms with Gasteiger partial charge < -0.3 is 19.3 Å². The lowest BCUT2D eigenvalue weighted by Crippen LogP contribution is -2.51. The lowest BCUT2D eigenvalue weighted by Gasteiger charge is -2.37. The first-order valence-corrected chi connectivity index (χ1v) is 9.69. The highest BCUT2D eigenvalue weighted by molar-refractivity contribution is 7.51. The molecule has 1 heterocycles. The molecule has 1 fully saturated rings. The number of benzene rings is 1. The zero-order valence-corrected chi connectivity index (χ0v) is 14.8. The molecule has 8 nitrogen and oxygen atoms in total. The molecule has 0 aliphatic carbocycles. The van der Waals surface area contributed by atoms with Crippen LogP contribution in [0.2, 0.25) is 0 Å². The van der Waals surface area contributed by atoms with Crippen molar-refractivity contribution in [2.75, 3.05) is 19.8 Å². The summed E-state index contributed by atoms with van der Waals surface area (Å²) in [5, 5.41) is 0. The summed E-state index contributed by atoms with van der Waals surface area (Å²) in [5.74, 6) is -0.977. The number of likely N-dealkylation sites (tertiary alicyclic amines) is 1. The summed E-state index contributed by atoms with van der Waals surface area (Å²) < 4.78 is 21.2. The van der Waals surface area contributed by atoms with Crippen LogP contribution in [0.5, 0.6) is 0 Å². The average molecular weight is 371 g/mol. The molecule has 1 amide bonds. The lowest BCUT2D eigenvalue weighted by atomic mass is 9.92. The van der Waals surface area contributed by atoms with Gasteiger partial charge in [0.05, 0.1) is 13.3 Å². The van der Waals surface area contributed by atoms with E-state index >= 15 is 0 Å². The quantitative estimate of drug-likeness (QED) is 0.599. The van der Waals surface area contributed by atoms with Crippen molar-refractivity contribution in [3.8, 4) is 0 Å². The molecule has 0 saturated carbocycles. The topological polar surface area (TPSA) is 113 Å². The van der Waals surface area contributed by atoms with Gasteiger partial charge in [-0.05, 0) is 24.3 Å². The molecular formula is C16H22NO7P. The van der Waals surface area contributed by atoms with E-state index in [1.54, 1.807) is 0 Å². The van der Waals surface area contributed by atoms with Crippen molar-refractivity contribution < 1.29 is 33.4 Å². The minimum atomic E-state index is -4.18. The number of rotatable bonds is 5. The van der Waals surface area contributed by atoms with Crippen molar-refractivity contribution in [2.24, 2.45) is 5.92 Å². The average Bonchev–Trinajstić information content (AvgIpc) is 2.58. The van der Waals surface area contributed by atoms with Crippen LogP contribution in [0.25, 0.3) is 0 Å². The van der Waals surface area contributed by atoms with Gasteiger partial charge in [-0.15, -0.1) is 0 Å². The summed E-state index contributed by atoms with van der Waals surface area (Å²) in [5.41, 5.74) is 0.821.